The Kier molecular flexibility index (Phi) is 7.70. The molecule has 0 aromatic carbocycles. The molecule has 0 bridgehead atoms. The van der Waals surface area contributed by atoms with Crippen molar-refractivity contribution in [2.75, 3.05) is 0 Å². The van der Waals surface area contributed by atoms with Crippen molar-refractivity contribution in [2.45, 2.75) is 38.5 Å². The summed E-state index contributed by atoms with van der Waals surface area (Å²) in [5.74, 6) is 4.85. The normalized spacial score (nSPS) is 9.42. The van der Waals surface area contributed by atoms with Crippen molar-refractivity contribution in [3.63, 3.8) is 0 Å². The molecule has 1 amide bonds. The Hall–Kier alpha value is -0.830. The molecule has 0 aromatic heterocycles. The number of allylic oxidation sites excluding steroid dienone is 1. The van der Waals surface area contributed by atoms with Crippen LogP contribution in [0.25, 0.3) is 0 Å². The van der Waals surface area contributed by atoms with Crippen LogP contribution in [0.15, 0.2) is 12.7 Å². The van der Waals surface area contributed by atoms with E-state index in [2.05, 4.69) is 12.0 Å². The Morgan fingerprint density at radius 1 is 1.33 bits per heavy atom. The van der Waals surface area contributed by atoms with Gasteiger partial charge < -0.3 is 0 Å². The van der Waals surface area contributed by atoms with Gasteiger partial charge in [0.25, 0.3) is 0 Å². The molecule has 0 aliphatic rings. The summed E-state index contributed by atoms with van der Waals surface area (Å²) in [6, 6.07) is 0. The van der Waals surface area contributed by atoms with Gasteiger partial charge in [-0.15, -0.1) is 6.58 Å². The van der Waals surface area contributed by atoms with Gasteiger partial charge >= 0.3 is 0 Å². The number of nitrogens with two attached hydrogens (primary N) is 1. The number of amides is 1. The van der Waals surface area contributed by atoms with Crippen LogP contribution in [0.4, 0.5) is 0 Å². The van der Waals surface area contributed by atoms with E-state index in [9.17, 15) is 4.79 Å². The first-order chi connectivity index (χ1) is 5.81. The first-order valence-electron chi connectivity index (χ1n) is 4.41. The van der Waals surface area contributed by atoms with Gasteiger partial charge in [0.2, 0.25) is 5.91 Å². The van der Waals surface area contributed by atoms with Gasteiger partial charge in [-0.1, -0.05) is 18.9 Å². The Balaban J connectivity index is 3.00. The molecule has 12 heavy (non-hydrogen) atoms. The van der Waals surface area contributed by atoms with Crippen LogP contribution >= 0.6 is 0 Å². The molecule has 0 atom stereocenters. The lowest BCUT2D eigenvalue weighted by Crippen LogP contribution is -2.29. The average Bonchev–Trinajstić information content (AvgIpc) is 2.10. The minimum atomic E-state index is -0.0706. The van der Waals surface area contributed by atoms with Crippen LogP contribution in [0.2, 0.25) is 0 Å². The van der Waals surface area contributed by atoms with Crippen LogP contribution in [0, 0.1) is 0 Å². The van der Waals surface area contributed by atoms with Crippen LogP contribution in [0.5, 0.6) is 0 Å². The molecule has 0 aromatic rings. The van der Waals surface area contributed by atoms with E-state index in [-0.39, 0.29) is 5.91 Å². The molecule has 0 rings (SSSR count). The minimum Gasteiger partial charge on any atom is -0.294 e. The number of hydrogen-bond donors (Lipinski definition) is 2. The number of carbonyl (C=O) groups is 1. The molecule has 0 spiro atoms. The van der Waals surface area contributed by atoms with Crippen LogP contribution in [-0.2, 0) is 4.79 Å². The summed E-state index contributed by atoms with van der Waals surface area (Å²) < 4.78 is 0. The summed E-state index contributed by atoms with van der Waals surface area (Å²) >= 11 is 0. The molecule has 0 fully saturated rings. The fourth-order valence-corrected chi connectivity index (χ4v) is 1.000. The zero-order chi connectivity index (χ0) is 9.23. The lowest BCUT2D eigenvalue weighted by atomic mass is 10.1. The number of unbranched alkanes of at least 4 members (excludes halogenated alkanes) is 4. The molecule has 0 aliphatic heterocycles. The van der Waals surface area contributed by atoms with Crippen LogP contribution < -0.4 is 11.3 Å². The Bertz CT molecular complexity index is 134. The predicted molar refractivity (Wildman–Crippen MR) is 50.2 cm³/mol. The van der Waals surface area contributed by atoms with Gasteiger partial charge in [0.05, 0.1) is 0 Å². The molecule has 3 N–H and O–H groups in total. The summed E-state index contributed by atoms with van der Waals surface area (Å²) in [6.07, 6.45) is 7.92. The first kappa shape index (κ1) is 11.2. The number of hydrazine groups is 1. The summed E-state index contributed by atoms with van der Waals surface area (Å²) in [5.41, 5.74) is 2.11. The highest BCUT2D eigenvalue weighted by atomic mass is 16.2. The van der Waals surface area contributed by atoms with E-state index >= 15 is 0 Å². The predicted octanol–water partition coefficient (Wildman–Crippen LogP) is 1.50. The zero-order valence-corrected chi connectivity index (χ0v) is 7.51. The quantitative estimate of drug-likeness (QED) is 0.200. The van der Waals surface area contributed by atoms with E-state index in [0.717, 1.165) is 19.3 Å². The van der Waals surface area contributed by atoms with Crippen molar-refractivity contribution in [3.05, 3.63) is 12.7 Å². The smallest absolute Gasteiger partial charge is 0.233 e. The van der Waals surface area contributed by atoms with E-state index in [1.54, 1.807) is 0 Å². The van der Waals surface area contributed by atoms with Gasteiger partial charge in [-0.05, 0) is 19.3 Å². The maximum atomic E-state index is 10.6. The summed E-state index contributed by atoms with van der Waals surface area (Å²) in [7, 11) is 0. The molecular formula is C9H18N2O. The highest BCUT2D eigenvalue weighted by molar-refractivity contribution is 5.74. The van der Waals surface area contributed by atoms with Crippen molar-refractivity contribution in [3.8, 4) is 0 Å². The molecular weight excluding hydrogens is 152 g/mol. The van der Waals surface area contributed by atoms with Crippen molar-refractivity contribution < 1.29 is 4.79 Å². The highest BCUT2D eigenvalue weighted by Crippen LogP contribution is 2.04. The maximum Gasteiger partial charge on any atom is 0.233 e. The van der Waals surface area contributed by atoms with Gasteiger partial charge in [-0.2, -0.15) is 0 Å². The summed E-state index contributed by atoms with van der Waals surface area (Å²) in [5, 5.41) is 0. The largest absolute Gasteiger partial charge is 0.294 e. The van der Waals surface area contributed by atoms with Gasteiger partial charge in [-0.25, -0.2) is 5.84 Å². The fraction of sp³-hybridized carbons (Fsp3) is 0.667. The number of hydrogen-bond acceptors (Lipinski definition) is 2. The van der Waals surface area contributed by atoms with E-state index in [0.29, 0.717) is 6.42 Å². The molecule has 0 radical (unpaired) electrons. The SMILES string of the molecule is C=CCCCCCCC(=O)NN. The third kappa shape index (κ3) is 7.28. The van der Waals surface area contributed by atoms with Crippen molar-refractivity contribution in [2.24, 2.45) is 5.84 Å². The Morgan fingerprint density at radius 3 is 2.58 bits per heavy atom. The topological polar surface area (TPSA) is 55.1 Å². The standard InChI is InChI=1S/C9H18N2O/c1-2-3-4-5-6-7-8-9(12)11-10/h2H,1,3-8,10H2,(H,11,12). The van der Waals surface area contributed by atoms with E-state index in [1.807, 2.05) is 6.08 Å². The van der Waals surface area contributed by atoms with Crippen LogP contribution in [0.1, 0.15) is 38.5 Å². The lowest BCUT2D eigenvalue weighted by Gasteiger charge is -1.98. The van der Waals surface area contributed by atoms with Gasteiger partial charge in [-0.3, -0.25) is 10.2 Å². The van der Waals surface area contributed by atoms with E-state index in [4.69, 9.17) is 5.84 Å². The van der Waals surface area contributed by atoms with Crippen LogP contribution in [-0.4, -0.2) is 5.91 Å². The second-order valence-corrected chi connectivity index (χ2v) is 2.81. The molecule has 70 valence electrons. The summed E-state index contributed by atoms with van der Waals surface area (Å²) in [4.78, 5) is 10.6. The molecule has 0 aliphatic carbocycles. The second-order valence-electron chi connectivity index (χ2n) is 2.81. The zero-order valence-electron chi connectivity index (χ0n) is 7.51. The van der Waals surface area contributed by atoms with Crippen molar-refractivity contribution in [1.29, 1.82) is 0 Å². The van der Waals surface area contributed by atoms with Gasteiger partial charge in [0, 0.05) is 6.42 Å². The van der Waals surface area contributed by atoms with E-state index < -0.39 is 0 Å². The Morgan fingerprint density at radius 2 is 2.00 bits per heavy atom. The highest BCUT2D eigenvalue weighted by Gasteiger charge is 1.96. The summed E-state index contributed by atoms with van der Waals surface area (Å²) in [6.45, 7) is 3.64. The molecule has 0 saturated carbocycles. The number of nitrogens with one attached hydrogen (secondary N) is 1. The van der Waals surface area contributed by atoms with Crippen LogP contribution in [0.3, 0.4) is 0 Å². The molecule has 3 nitrogen and oxygen atoms in total. The molecule has 3 heteroatoms. The van der Waals surface area contributed by atoms with Crippen molar-refractivity contribution >= 4 is 5.91 Å². The number of rotatable bonds is 7. The van der Waals surface area contributed by atoms with Gasteiger partial charge in [0.15, 0.2) is 0 Å². The van der Waals surface area contributed by atoms with E-state index in [1.165, 1.54) is 12.8 Å². The average molecular weight is 170 g/mol. The minimum absolute atomic E-state index is 0.0706. The monoisotopic (exact) mass is 170 g/mol. The Labute approximate surface area is 74.0 Å². The first-order valence-corrected chi connectivity index (χ1v) is 4.41. The molecule has 0 saturated heterocycles. The fourth-order valence-electron chi connectivity index (χ4n) is 1.000. The second kappa shape index (κ2) is 8.27. The lowest BCUT2D eigenvalue weighted by molar-refractivity contribution is -0.121. The molecule has 0 heterocycles. The molecule has 0 unspecified atom stereocenters. The third-order valence-corrected chi connectivity index (χ3v) is 1.72. The van der Waals surface area contributed by atoms with Gasteiger partial charge in [0.1, 0.15) is 0 Å². The number of carbonyl (C=O) groups excluding carboxylic acids is 1. The maximum absolute atomic E-state index is 10.6. The third-order valence-electron chi connectivity index (χ3n) is 1.72. The van der Waals surface area contributed by atoms with Crippen molar-refractivity contribution in [1.82, 2.24) is 5.43 Å².